The standard InChI is InChI=1S/C13H21N3O2/c1-10-5-3-2-4-7-16(10)9-11-6-8-18-12(11)13(17)15-14/h6,8,10H,2-5,7,9,14H2,1H3,(H,15,17). The third-order valence-corrected chi connectivity index (χ3v) is 3.65. The first-order valence-electron chi connectivity index (χ1n) is 6.53. The quantitative estimate of drug-likeness (QED) is 0.487. The van der Waals surface area contributed by atoms with Gasteiger partial charge < -0.3 is 4.42 Å². The van der Waals surface area contributed by atoms with Crippen LogP contribution in [0.3, 0.4) is 0 Å². The largest absolute Gasteiger partial charge is 0.459 e. The maximum absolute atomic E-state index is 11.5. The molecule has 0 radical (unpaired) electrons. The van der Waals surface area contributed by atoms with Gasteiger partial charge in [-0.15, -0.1) is 0 Å². The lowest BCUT2D eigenvalue weighted by Gasteiger charge is -2.26. The number of likely N-dealkylation sites (tertiary alicyclic amines) is 1. The molecular formula is C13H21N3O2. The van der Waals surface area contributed by atoms with Gasteiger partial charge in [-0.2, -0.15) is 0 Å². The highest BCUT2D eigenvalue weighted by atomic mass is 16.3. The van der Waals surface area contributed by atoms with E-state index in [-0.39, 0.29) is 5.91 Å². The molecule has 1 aliphatic heterocycles. The van der Waals surface area contributed by atoms with Gasteiger partial charge in [-0.1, -0.05) is 12.8 Å². The second-order valence-electron chi connectivity index (χ2n) is 4.92. The minimum Gasteiger partial charge on any atom is -0.459 e. The minimum absolute atomic E-state index is 0.328. The summed E-state index contributed by atoms with van der Waals surface area (Å²) < 4.78 is 5.21. The van der Waals surface area contributed by atoms with Crippen molar-refractivity contribution in [2.24, 2.45) is 5.84 Å². The maximum atomic E-state index is 11.5. The lowest BCUT2D eigenvalue weighted by Crippen LogP contribution is -2.34. The molecule has 0 saturated carbocycles. The Morgan fingerprint density at radius 2 is 2.39 bits per heavy atom. The van der Waals surface area contributed by atoms with Crippen LogP contribution >= 0.6 is 0 Å². The molecule has 0 aliphatic carbocycles. The van der Waals surface area contributed by atoms with Crippen LogP contribution in [0.4, 0.5) is 0 Å². The molecule has 0 spiro atoms. The van der Waals surface area contributed by atoms with Gasteiger partial charge in [-0.3, -0.25) is 15.1 Å². The number of hydrogen-bond acceptors (Lipinski definition) is 4. The molecule has 1 aromatic rings. The highest BCUT2D eigenvalue weighted by molar-refractivity contribution is 5.92. The monoisotopic (exact) mass is 251 g/mol. The lowest BCUT2D eigenvalue weighted by atomic mass is 10.1. The van der Waals surface area contributed by atoms with Crippen LogP contribution in [0.5, 0.6) is 0 Å². The van der Waals surface area contributed by atoms with Gasteiger partial charge in [0.15, 0.2) is 5.76 Å². The van der Waals surface area contributed by atoms with E-state index in [2.05, 4.69) is 17.2 Å². The van der Waals surface area contributed by atoms with Gasteiger partial charge in [0.1, 0.15) is 0 Å². The molecular weight excluding hydrogens is 230 g/mol. The number of furan rings is 1. The van der Waals surface area contributed by atoms with Gasteiger partial charge in [0, 0.05) is 18.2 Å². The second-order valence-corrected chi connectivity index (χ2v) is 4.92. The molecule has 1 atom stereocenters. The molecule has 0 bridgehead atoms. The molecule has 18 heavy (non-hydrogen) atoms. The van der Waals surface area contributed by atoms with Crippen molar-refractivity contribution in [3.63, 3.8) is 0 Å². The Hall–Kier alpha value is -1.33. The van der Waals surface area contributed by atoms with Crippen LogP contribution in [0.15, 0.2) is 16.7 Å². The van der Waals surface area contributed by atoms with Crippen LogP contribution in [0, 0.1) is 0 Å². The molecule has 0 aromatic carbocycles. The van der Waals surface area contributed by atoms with E-state index in [0.29, 0.717) is 11.8 Å². The summed E-state index contributed by atoms with van der Waals surface area (Å²) in [5.41, 5.74) is 3.03. The predicted octanol–water partition coefficient (Wildman–Crippen LogP) is 1.65. The Bertz CT molecular complexity index is 403. The number of nitrogens with two attached hydrogens (primary N) is 1. The van der Waals surface area contributed by atoms with Crippen molar-refractivity contribution in [1.82, 2.24) is 10.3 Å². The molecule has 1 amide bonds. The van der Waals surface area contributed by atoms with Gasteiger partial charge in [-0.05, 0) is 32.4 Å². The van der Waals surface area contributed by atoms with Gasteiger partial charge in [0.05, 0.1) is 6.26 Å². The van der Waals surface area contributed by atoms with E-state index >= 15 is 0 Å². The zero-order chi connectivity index (χ0) is 13.0. The van der Waals surface area contributed by atoms with E-state index in [1.165, 1.54) is 25.7 Å². The number of nitrogens with one attached hydrogen (secondary N) is 1. The van der Waals surface area contributed by atoms with Crippen molar-refractivity contribution in [2.45, 2.75) is 45.2 Å². The molecule has 1 aromatic heterocycles. The van der Waals surface area contributed by atoms with E-state index in [1.807, 2.05) is 6.07 Å². The molecule has 100 valence electrons. The number of rotatable bonds is 3. The van der Waals surface area contributed by atoms with Gasteiger partial charge in [0.25, 0.3) is 0 Å². The van der Waals surface area contributed by atoms with Crippen molar-refractivity contribution in [3.05, 3.63) is 23.7 Å². The molecule has 1 saturated heterocycles. The molecule has 1 fully saturated rings. The summed E-state index contributed by atoms with van der Waals surface area (Å²) in [4.78, 5) is 13.9. The highest BCUT2D eigenvalue weighted by Crippen LogP contribution is 2.21. The van der Waals surface area contributed by atoms with E-state index in [4.69, 9.17) is 10.3 Å². The number of hydrogen-bond donors (Lipinski definition) is 2. The summed E-state index contributed by atoms with van der Waals surface area (Å²) in [5.74, 6) is 5.11. The van der Waals surface area contributed by atoms with Crippen LogP contribution < -0.4 is 11.3 Å². The van der Waals surface area contributed by atoms with E-state index in [1.54, 1.807) is 6.26 Å². The number of nitrogens with zero attached hydrogens (tertiary/aromatic N) is 1. The average Bonchev–Trinajstić information content (AvgIpc) is 2.74. The predicted molar refractivity (Wildman–Crippen MR) is 68.7 cm³/mol. The number of carbonyl (C=O) groups excluding carboxylic acids is 1. The average molecular weight is 251 g/mol. The van der Waals surface area contributed by atoms with Gasteiger partial charge in [-0.25, -0.2) is 5.84 Å². The fraction of sp³-hybridized carbons (Fsp3) is 0.615. The van der Waals surface area contributed by atoms with Crippen LogP contribution in [0.2, 0.25) is 0 Å². The molecule has 5 nitrogen and oxygen atoms in total. The van der Waals surface area contributed by atoms with Crippen LogP contribution in [-0.4, -0.2) is 23.4 Å². The fourth-order valence-electron chi connectivity index (χ4n) is 2.51. The molecule has 5 heteroatoms. The number of nitrogen functional groups attached to an aromatic ring is 1. The van der Waals surface area contributed by atoms with Crippen LogP contribution in [0.1, 0.15) is 48.7 Å². The highest BCUT2D eigenvalue weighted by Gasteiger charge is 2.21. The summed E-state index contributed by atoms with van der Waals surface area (Å²) in [6.07, 6.45) is 6.57. The van der Waals surface area contributed by atoms with Gasteiger partial charge >= 0.3 is 5.91 Å². The summed E-state index contributed by atoms with van der Waals surface area (Å²) in [6.45, 7) is 4.07. The van der Waals surface area contributed by atoms with Crippen molar-refractivity contribution < 1.29 is 9.21 Å². The van der Waals surface area contributed by atoms with E-state index in [9.17, 15) is 4.79 Å². The first-order chi connectivity index (χ1) is 8.72. The molecule has 2 heterocycles. The van der Waals surface area contributed by atoms with Crippen LogP contribution in [-0.2, 0) is 6.54 Å². The third kappa shape index (κ3) is 2.91. The van der Waals surface area contributed by atoms with Crippen molar-refractivity contribution >= 4 is 5.91 Å². The Balaban J connectivity index is 2.08. The maximum Gasteiger partial charge on any atom is 0.301 e. The summed E-state index contributed by atoms with van der Waals surface area (Å²) in [6, 6.07) is 2.40. The number of carbonyl (C=O) groups is 1. The summed E-state index contributed by atoms with van der Waals surface area (Å²) >= 11 is 0. The molecule has 1 unspecified atom stereocenters. The zero-order valence-electron chi connectivity index (χ0n) is 10.8. The Labute approximate surface area is 107 Å². The van der Waals surface area contributed by atoms with Crippen molar-refractivity contribution in [3.8, 4) is 0 Å². The topological polar surface area (TPSA) is 71.5 Å². The Morgan fingerprint density at radius 3 is 3.17 bits per heavy atom. The van der Waals surface area contributed by atoms with Crippen LogP contribution in [0.25, 0.3) is 0 Å². The van der Waals surface area contributed by atoms with E-state index in [0.717, 1.165) is 18.7 Å². The SMILES string of the molecule is CC1CCCCCN1Cc1ccoc1C(=O)NN. The molecule has 2 rings (SSSR count). The van der Waals surface area contributed by atoms with Crippen molar-refractivity contribution in [1.29, 1.82) is 0 Å². The summed E-state index contributed by atoms with van der Waals surface area (Å²) in [5, 5.41) is 0. The number of amides is 1. The summed E-state index contributed by atoms with van der Waals surface area (Å²) in [7, 11) is 0. The third-order valence-electron chi connectivity index (χ3n) is 3.65. The lowest BCUT2D eigenvalue weighted by molar-refractivity contribution is 0.0922. The molecule has 3 N–H and O–H groups in total. The second kappa shape index (κ2) is 6.02. The Kier molecular flexibility index (Phi) is 4.38. The molecule has 1 aliphatic rings. The van der Waals surface area contributed by atoms with Gasteiger partial charge in [0.2, 0.25) is 0 Å². The first kappa shape index (κ1) is 13.1. The van der Waals surface area contributed by atoms with E-state index < -0.39 is 0 Å². The zero-order valence-corrected chi connectivity index (χ0v) is 10.8. The Morgan fingerprint density at radius 1 is 1.56 bits per heavy atom. The number of hydrazine groups is 1. The fourth-order valence-corrected chi connectivity index (χ4v) is 2.51. The van der Waals surface area contributed by atoms with Crippen molar-refractivity contribution in [2.75, 3.05) is 6.54 Å². The normalized spacial score (nSPS) is 21.6. The minimum atomic E-state index is -0.363. The first-order valence-corrected chi connectivity index (χ1v) is 6.53. The smallest absolute Gasteiger partial charge is 0.301 e.